The second kappa shape index (κ2) is 9.49. The van der Waals surface area contributed by atoms with Gasteiger partial charge in [0.1, 0.15) is 18.1 Å². The number of hydrogen-bond donors (Lipinski definition) is 1. The van der Waals surface area contributed by atoms with E-state index in [0.717, 1.165) is 54.2 Å². The van der Waals surface area contributed by atoms with Crippen LogP contribution in [0.3, 0.4) is 0 Å². The largest absolute Gasteiger partial charge is 0.497 e. The fraction of sp³-hybridized carbons (Fsp3) is 0.435. The molecule has 2 aromatic carbocycles. The summed E-state index contributed by atoms with van der Waals surface area (Å²) in [5.74, 6) is 1.86. The van der Waals surface area contributed by atoms with Crippen LogP contribution in [-0.4, -0.2) is 37.6 Å². The molecule has 5 nitrogen and oxygen atoms in total. The number of carbonyl (C=O) groups is 1. The Bertz CT molecular complexity index is 783. The fourth-order valence-corrected chi connectivity index (χ4v) is 3.53. The van der Waals surface area contributed by atoms with E-state index in [-0.39, 0.29) is 11.9 Å². The maximum absolute atomic E-state index is 12.7. The van der Waals surface area contributed by atoms with E-state index in [0.29, 0.717) is 13.0 Å². The van der Waals surface area contributed by atoms with Gasteiger partial charge in [0, 0.05) is 13.1 Å². The Balaban J connectivity index is 1.70. The minimum absolute atomic E-state index is 0.0704. The molecular formula is C23H30N2O3. The summed E-state index contributed by atoms with van der Waals surface area (Å²) in [6.45, 7) is 6.42. The molecule has 0 spiro atoms. The average Bonchev–Trinajstić information content (AvgIpc) is 2.73. The average molecular weight is 383 g/mol. The molecule has 1 aliphatic rings. The normalized spacial score (nSPS) is 15.2. The summed E-state index contributed by atoms with van der Waals surface area (Å²) < 4.78 is 11.2. The van der Waals surface area contributed by atoms with Crippen molar-refractivity contribution in [2.45, 2.75) is 39.2 Å². The van der Waals surface area contributed by atoms with Crippen LogP contribution in [0.5, 0.6) is 11.5 Å². The Morgan fingerprint density at radius 1 is 1.14 bits per heavy atom. The first kappa shape index (κ1) is 20.1. The lowest BCUT2D eigenvalue weighted by Crippen LogP contribution is -2.33. The highest BCUT2D eigenvalue weighted by atomic mass is 16.5. The van der Waals surface area contributed by atoms with Gasteiger partial charge < -0.3 is 19.7 Å². The van der Waals surface area contributed by atoms with Gasteiger partial charge in [0.05, 0.1) is 25.3 Å². The monoisotopic (exact) mass is 382 g/mol. The van der Waals surface area contributed by atoms with Crippen molar-refractivity contribution in [2.24, 2.45) is 0 Å². The number of nitrogens with zero attached hydrogens (tertiary/aromatic N) is 1. The number of methoxy groups -OCH3 is 1. The summed E-state index contributed by atoms with van der Waals surface area (Å²) in [5.41, 5.74) is 3.09. The van der Waals surface area contributed by atoms with Crippen LogP contribution in [-0.2, 0) is 11.2 Å². The number of fused-ring (bicyclic) bond motifs is 1. The third kappa shape index (κ3) is 4.77. The zero-order valence-electron chi connectivity index (χ0n) is 17.0. The maximum Gasteiger partial charge on any atom is 0.226 e. The number of nitrogens with one attached hydrogen (secondary N) is 1. The zero-order valence-corrected chi connectivity index (χ0v) is 17.0. The van der Waals surface area contributed by atoms with Crippen LogP contribution in [0.2, 0.25) is 0 Å². The molecule has 0 aromatic heterocycles. The van der Waals surface area contributed by atoms with Crippen LogP contribution >= 0.6 is 0 Å². The van der Waals surface area contributed by atoms with Gasteiger partial charge in [-0.15, -0.1) is 0 Å². The van der Waals surface area contributed by atoms with Gasteiger partial charge in [0.15, 0.2) is 0 Å². The van der Waals surface area contributed by atoms with Crippen molar-refractivity contribution in [1.82, 2.24) is 4.90 Å². The fourth-order valence-electron chi connectivity index (χ4n) is 3.53. The molecule has 1 amide bonds. The topological polar surface area (TPSA) is 50.8 Å². The van der Waals surface area contributed by atoms with E-state index in [1.54, 1.807) is 7.11 Å². The van der Waals surface area contributed by atoms with E-state index in [1.165, 1.54) is 0 Å². The molecule has 1 N–H and O–H groups in total. The van der Waals surface area contributed by atoms with Crippen LogP contribution in [0.4, 0.5) is 5.69 Å². The van der Waals surface area contributed by atoms with Gasteiger partial charge in [-0.25, -0.2) is 0 Å². The molecule has 3 rings (SSSR count). The Kier molecular flexibility index (Phi) is 6.80. The molecule has 1 atom stereocenters. The molecule has 1 aliphatic heterocycles. The molecule has 1 heterocycles. The van der Waals surface area contributed by atoms with E-state index in [4.69, 9.17) is 9.47 Å². The van der Waals surface area contributed by atoms with Crippen molar-refractivity contribution in [2.75, 3.05) is 32.1 Å². The van der Waals surface area contributed by atoms with Gasteiger partial charge in [-0.1, -0.05) is 32.0 Å². The van der Waals surface area contributed by atoms with E-state index in [9.17, 15) is 4.79 Å². The third-order valence-electron chi connectivity index (χ3n) is 4.99. The van der Waals surface area contributed by atoms with Crippen LogP contribution in [0.1, 0.15) is 43.9 Å². The summed E-state index contributed by atoms with van der Waals surface area (Å²) in [6, 6.07) is 14.1. The number of benzene rings is 2. The Labute approximate surface area is 167 Å². The standard InChI is InChI=1S/C23H30N2O3/c1-4-12-25(13-5-2)23(26)15-17-6-11-22-20(14-17)24-21(16-28-22)18-7-9-19(27-3)10-8-18/h6-11,14,21,24H,4-5,12-13,15-16H2,1-3H3. The lowest BCUT2D eigenvalue weighted by Gasteiger charge is -2.28. The van der Waals surface area contributed by atoms with Crippen molar-refractivity contribution in [1.29, 1.82) is 0 Å². The minimum Gasteiger partial charge on any atom is -0.497 e. The number of anilines is 1. The number of carbonyl (C=O) groups excluding carboxylic acids is 1. The molecule has 0 saturated carbocycles. The summed E-state index contributed by atoms with van der Waals surface area (Å²) >= 11 is 0. The minimum atomic E-state index is 0.0704. The van der Waals surface area contributed by atoms with Crippen molar-refractivity contribution < 1.29 is 14.3 Å². The predicted octanol–water partition coefficient (Wildman–Crippen LogP) is 4.43. The maximum atomic E-state index is 12.7. The SMILES string of the molecule is CCCN(CCC)C(=O)Cc1ccc2c(c1)NC(c1ccc(OC)cc1)CO2. The van der Waals surface area contributed by atoms with Crippen molar-refractivity contribution in [3.63, 3.8) is 0 Å². The summed E-state index contributed by atoms with van der Waals surface area (Å²) in [4.78, 5) is 14.6. The van der Waals surface area contributed by atoms with Gasteiger partial charge in [0.25, 0.3) is 0 Å². The molecule has 0 bridgehead atoms. The highest BCUT2D eigenvalue weighted by Crippen LogP contribution is 2.35. The zero-order chi connectivity index (χ0) is 19.9. The van der Waals surface area contributed by atoms with Gasteiger partial charge in [-0.3, -0.25) is 4.79 Å². The molecule has 28 heavy (non-hydrogen) atoms. The quantitative estimate of drug-likeness (QED) is 0.734. The molecular weight excluding hydrogens is 352 g/mol. The highest BCUT2D eigenvalue weighted by molar-refractivity contribution is 5.79. The summed E-state index contributed by atoms with van der Waals surface area (Å²) in [6.07, 6.45) is 2.38. The second-order valence-electron chi connectivity index (χ2n) is 7.17. The molecule has 5 heteroatoms. The van der Waals surface area contributed by atoms with Gasteiger partial charge in [-0.05, 0) is 48.2 Å². The molecule has 150 valence electrons. The van der Waals surface area contributed by atoms with Gasteiger partial charge >= 0.3 is 0 Å². The van der Waals surface area contributed by atoms with Crippen molar-refractivity contribution >= 4 is 11.6 Å². The van der Waals surface area contributed by atoms with Gasteiger partial charge in [0.2, 0.25) is 5.91 Å². The Morgan fingerprint density at radius 2 is 1.86 bits per heavy atom. The lowest BCUT2D eigenvalue weighted by molar-refractivity contribution is -0.130. The van der Waals surface area contributed by atoms with Crippen LogP contribution in [0, 0.1) is 0 Å². The predicted molar refractivity (Wildman–Crippen MR) is 112 cm³/mol. The molecule has 0 saturated heterocycles. The van der Waals surface area contributed by atoms with Crippen LogP contribution < -0.4 is 14.8 Å². The lowest BCUT2D eigenvalue weighted by atomic mass is 10.0. The summed E-state index contributed by atoms with van der Waals surface area (Å²) in [5, 5.41) is 3.55. The van der Waals surface area contributed by atoms with Crippen LogP contribution in [0.15, 0.2) is 42.5 Å². The third-order valence-corrected chi connectivity index (χ3v) is 4.99. The number of amides is 1. The first-order valence-corrected chi connectivity index (χ1v) is 10.1. The van der Waals surface area contributed by atoms with Crippen LogP contribution in [0.25, 0.3) is 0 Å². The smallest absolute Gasteiger partial charge is 0.226 e. The van der Waals surface area contributed by atoms with E-state index < -0.39 is 0 Å². The molecule has 2 aromatic rings. The van der Waals surface area contributed by atoms with E-state index >= 15 is 0 Å². The second-order valence-corrected chi connectivity index (χ2v) is 7.17. The molecule has 0 aliphatic carbocycles. The molecule has 0 radical (unpaired) electrons. The summed E-state index contributed by atoms with van der Waals surface area (Å²) in [7, 11) is 1.66. The first-order chi connectivity index (χ1) is 13.6. The molecule has 0 fully saturated rings. The molecule has 1 unspecified atom stereocenters. The highest BCUT2D eigenvalue weighted by Gasteiger charge is 2.21. The van der Waals surface area contributed by atoms with Gasteiger partial charge in [-0.2, -0.15) is 0 Å². The van der Waals surface area contributed by atoms with E-state index in [2.05, 4.69) is 19.2 Å². The Hall–Kier alpha value is -2.69. The number of rotatable bonds is 8. The van der Waals surface area contributed by atoms with Crippen molar-refractivity contribution in [3.05, 3.63) is 53.6 Å². The first-order valence-electron chi connectivity index (χ1n) is 10.1. The number of ether oxygens (including phenoxy) is 2. The van der Waals surface area contributed by atoms with Crippen molar-refractivity contribution in [3.8, 4) is 11.5 Å². The number of hydrogen-bond acceptors (Lipinski definition) is 4. The Morgan fingerprint density at radius 3 is 2.50 bits per heavy atom. The van der Waals surface area contributed by atoms with E-state index in [1.807, 2.05) is 47.4 Å².